The zero-order valence-electron chi connectivity index (χ0n) is 16.3. The Morgan fingerprint density at radius 3 is 2.45 bits per heavy atom. The largest absolute Gasteiger partial charge is 0.477 e. The lowest BCUT2D eigenvalue weighted by Crippen LogP contribution is -2.30. The van der Waals surface area contributed by atoms with Gasteiger partial charge in [-0.1, -0.05) is 18.2 Å². The van der Waals surface area contributed by atoms with Crippen molar-refractivity contribution >= 4 is 28.6 Å². The van der Waals surface area contributed by atoms with E-state index in [4.69, 9.17) is 4.99 Å². The minimum Gasteiger partial charge on any atom is -0.477 e. The Morgan fingerprint density at radius 2 is 1.76 bits per heavy atom. The highest BCUT2D eigenvalue weighted by molar-refractivity contribution is 6.52. The van der Waals surface area contributed by atoms with E-state index in [0.717, 1.165) is 37.8 Å². The summed E-state index contributed by atoms with van der Waals surface area (Å²) in [6.07, 6.45) is 0.653. The molecular formula is C23H22N2O4. The molecule has 0 bridgehead atoms. The van der Waals surface area contributed by atoms with Crippen molar-refractivity contribution in [3.63, 3.8) is 0 Å². The van der Waals surface area contributed by atoms with Crippen molar-refractivity contribution in [3.05, 3.63) is 56.4 Å². The molecule has 3 N–H and O–H groups in total. The fraction of sp³-hybridized carbons (Fsp3) is 0.348. The average molecular weight is 390 g/mol. The van der Waals surface area contributed by atoms with Gasteiger partial charge in [0.25, 0.3) is 0 Å². The zero-order valence-corrected chi connectivity index (χ0v) is 16.3. The molecule has 2 heterocycles. The number of carboxylic acids is 1. The molecule has 0 saturated heterocycles. The van der Waals surface area contributed by atoms with Crippen LogP contribution in [0.15, 0.2) is 34.3 Å². The number of rotatable bonds is 2. The fourth-order valence-electron chi connectivity index (χ4n) is 5.09. The molecule has 0 radical (unpaired) electrons. The summed E-state index contributed by atoms with van der Waals surface area (Å²) in [6.45, 7) is 3.75. The third kappa shape index (κ3) is 2.67. The second-order valence-corrected chi connectivity index (χ2v) is 8.25. The quantitative estimate of drug-likeness (QED) is 0.622. The molecule has 2 atom stereocenters. The van der Waals surface area contributed by atoms with Crippen LogP contribution in [-0.2, 0) is 4.79 Å². The maximum Gasteiger partial charge on any atom is 0.354 e. The Balaban J connectivity index is 1.76. The molecule has 1 fully saturated rings. The van der Waals surface area contributed by atoms with Crippen molar-refractivity contribution in [3.8, 4) is 0 Å². The van der Waals surface area contributed by atoms with Gasteiger partial charge in [0.1, 0.15) is 0 Å². The Hall–Kier alpha value is -2.83. The number of benzene rings is 2. The smallest absolute Gasteiger partial charge is 0.354 e. The molecule has 6 heteroatoms. The third-order valence-corrected chi connectivity index (χ3v) is 6.37. The van der Waals surface area contributed by atoms with Gasteiger partial charge in [-0.2, -0.15) is 0 Å². The summed E-state index contributed by atoms with van der Waals surface area (Å²) in [5, 5.41) is 33.4. The van der Waals surface area contributed by atoms with Crippen molar-refractivity contribution in [2.45, 2.75) is 51.2 Å². The van der Waals surface area contributed by atoms with Crippen LogP contribution < -0.4 is 10.6 Å². The second-order valence-electron chi connectivity index (χ2n) is 8.25. The highest BCUT2D eigenvalue weighted by Gasteiger charge is 2.29. The van der Waals surface area contributed by atoms with Gasteiger partial charge in [0.15, 0.2) is 5.71 Å². The van der Waals surface area contributed by atoms with Crippen LogP contribution in [0.3, 0.4) is 0 Å². The van der Waals surface area contributed by atoms with E-state index in [1.54, 1.807) is 6.92 Å². The van der Waals surface area contributed by atoms with Gasteiger partial charge in [0.2, 0.25) is 0 Å². The first-order valence-electron chi connectivity index (χ1n) is 9.90. The van der Waals surface area contributed by atoms with Crippen LogP contribution in [0, 0.1) is 17.4 Å². The summed E-state index contributed by atoms with van der Waals surface area (Å²) in [7, 11) is 0. The lowest BCUT2D eigenvalue weighted by Gasteiger charge is -2.29. The first-order valence-corrected chi connectivity index (χ1v) is 9.90. The van der Waals surface area contributed by atoms with Gasteiger partial charge >= 0.3 is 5.97 Å². The average Bonchev–Trinajstić information content (AvgIpc) is 3.20. The number of para-hydroxylation sites is 1. The summed E-state index contributed by atoms with van der Waals surface area (Å²) >= 11 is 0. The molecule has 29 heavy (non-hydrogen) atoms. The van der Waals surface area contributed by atoms with E-state index in [2.05, 4.69) is 4.99 Å². The predicted octanol–water partition coefficient (Wildman–Crippen LogP) is 1.88. The van der Waals surface area contributed by atoms with Crippen LogP contribution in [-0.4, -0.2) is 39.2 Å². The van der Waals surface area contributed by atoms with Gasteiger partial charge in [-0.05, 0) is 61.8 Å². The van der Waals surface area contributed by atoms with Gasteiger partial charge in [-0.15, -0.1) is 0 Å². The monoisotopic (exact) mass is 390 g/mol. The van der Waals surface area contributed by atoms with Gasteiger partial charge in [-0.3, -0.25) is 0 Å². The van der Waals surface area contributed by atoms with Crippen molar-refractivity contribution in [2.24, 2.45) is 9.98 Å². The molecule has 0 spiro atoms. The number of hydrogen-bond donors (Lipinski definition) is 3. The zero-order chi connectivity index (χ0) is 20.4. The van der Waals surface area contributed by atoms with E-state index in [9.17, 15) is 20.1 Å². The van der Waals surface area contributed by atoms with Crippen molar-refractivity contribution in [1.29, 1.82) is 0 Å². The third-order valence-electron chi connectivity index (χ3n) is 6.37. The van der Waals surface area contributed by atoms with E-state index in [1.165, 1.54) is 0 Å². The molecule has 2 aromatic carbocycles. The summed E-state index contributed by atoms with van der Waals surface area (Å²) in [5.74, 6) is -0.967. The number of hydrogen-bond acceptors (Lipinski definition) is 5. The minimum absolute atomic E-state index is 0.0545. The van der Waals surface area contributed by atoms with Gasteiger partial charge in [-0.25, -0.2) is 14.8 Å². The summed E-state index contributed by atoms with van der Waals surface area (Å²) in [5.41, 5.74) is 4.26. The normalized spacial score (nSPS) is 24.5. The molecule has 3 aliphatic rings. The van der Waals surface area contributed by atoms with E-state index < -0.39 is 18.2 Å². The van der Waals surface area contributed by atoms with E-state index in [-0.39, 0.29) is 11.6 Å². The molecule has 0 aromatic heterocycles. The van der Waals surface area contributed by atoms with Crippen LogP contribution in [0.1, 0.15) is 43.2 Å². The predicted molar refractivity (Wildman–Crippen MR) is 108 cm³/mol. The molecule has 6 nitrogen and oxygen atoms in total. The van der Waals surface area contributed by atoms with Crippen LogP contribution in [0.2, 0.25) is 0 Å². The maximum absolute atomic E-state index is 11.5. The van der Waals surface area contributed by atoms with Crippen LogP contribution in [0.25, 0.3) is 5.57 Å². The summed E-state index contributed by atoms with van der Waals surface area (Å²) in [4.78, 5) is 20.8. The Bertz CT molecular complexity index is 1320. The number of aliphatic carboxylic acids is 1. The summed E-state index contributed by atoms with van der Waals surface area (Å²) in [6, 6.07) is 7.96. The number of aliphatic hydroxyl groups excluding tert-OH is 2. The number of carboxylic acid groups (broad SMARTS) is 1. The highest BCUT2D eigenvalue weighted by Crippen LogP contribution is 2.34. The Morgan fingerprint density at radius 1 is 1.03 bits per heavy atom. The maximum atomic E-state index is 11.5. The van der Waals surface area contributed by atoms with Crippen molar-refractivity contribution < 1.29 is 20.1 Å². The van der Waals surface area contributed by atoms with Gasteiger partial charge < -0.3 is 15.3 Å². The molecular weight excluding hydrogens is 368 g/mol. The molecule has 0 amide bonds. The topological polar surface area (TPSA) is 102 Å². The van der Waals surface area contributed by atoms with Crippen molar-refractivity contribution in [2.75, 3.05) is 0 Å². The first kappa shape index (κ1) is 18.2. The van der Waals surface area contributed by atoms with Gasteiger partial charge in [0, 0.05) is 15.7 Å². The molecule has 2 unspecified atom stereocenters. The molecule has 148 valence electrons. The Kier molecular flexibility index (Phi) is 3.98. The van der Waals surface area contributed by atoms with Crippen LogP contribution in [0.4, 0.5) is 11.4 Å². The molecule has 2 aromatic rings. The number of aliphatic imine (C=N–C) groups is 1. The number of nitrogens with zero attached hydrogens (tertiary/aromatic N) is 2. The fourth-order valence-corrected chi connectivity index (χ4v) is 5.09. The van der Waals surface area contributed by atoms with E-state index >= 15 is 0 Å². The van der Waals surface area contributed by atoms with Crippen LogP contribution >= 0.6 is 0 Å². The number of fused-ring (bicyclic) bond motifs is 3. The SMILES string of the molecule is CC1=c2c(cc3c(c2C)N=c2c(C4CC(O)CC(O)C4)cccc2=3)N=C1C(=O)O. The summed E-state index contributed by atoms with van der Waals surface area (Å²) < 4.78 is 0. The lowest BCUT2D eigenvalue weighted by atomic mass is 9.80. The lowest BCUT2D eigenvalue weighted by molar-refractivity contribution is -0.129. The Labute approximate surface area is 166 Å². The van der Waals surface area contributed by atoms with Gasteiger partial charge in [0.05, 0.1) is 28.9 Å². The molecule has 1 aliphatic carbocycles. The minimum atomic E-state index is -1.02. The van der Waals surface area contributed by atoms with Crippen LogP contribution in [0.5, 0.6) is 0 Å². The van der Waals surface area contributed by atoms with E-state index in [1.807, 2.05) is 31.2 Å². The number of carbonyl (C=O) groups is 1. The number of aliphatic hydroxyl groups is 2. The first-order chi connectivity index (χ1) is 13.8. The standard InChI is InChI=1S/C23H22N2O4/c1-10-19-11(2)21(23(28)29)24-18(19)9-17-16-5-3-4-15(22(16)25-20(10)17)12-6-13(26)8-14(27)7-12/h3-5,9,12-14,26-27H,6-8H2,1-2H3,(H,28,29). The molecule has 1 saturated carbocycles. The molecule has 2 aliphatic heterocycles. The molecule has 5 rings (SSSR count). The van der Waals surface area contributed by atoms with E-state index in [0.29, 0.717) is 30.5 Å². The highest BCUT2D eigenvalue weighted by atomic mass is 16.4. The second kappa shape index (κ2) is 6.34. The van der Waals surface area contributed by atoms with Crippen molar-refractivity contribution in [1.82, 2.24) is 0 Å².